The van der Waals surface area contributed by atoms with E-state index in [9.17, 15) is 4.79 Å². The molecule has 4 nitrogen and oxygen atoms in total. The van der Waals surface area contributed by atoms with E-state index in [1.807, 2.05) is 63.2 Å². The predicted octanol–water partition coefficient (Wildman–Crippen LogP) is 5.68. The lowest BCUT2D eigenvalue weighted by Gasteiger charge is -2.09. The van der Waals surface area contributed by atoms with Crippen molar-refractivity contribution in [3.05, 3.63) is 63.8 Å². The minimum absolute atomic E-state index is 0.163. The van der Waals surface area contributed by atoms with Crippen molar-refractivity contribution in [3.63, 3.8) is 0 Å². The Hall–Kier alpha value is -2.11. The number of furan rings is 1. The van der Waals surface area contributed by atoms with Crippen molar-refractivity contribution in [2.45, 2.75) is 33.5 Å². The molecule has 0 saturated carbocycles. The summed E-state index contributed by atoms with van der Waals surface area (Å²) in [6.07, 6.45) is 0.163. The molecule has 3 rings (SSSR count). The smallest absolute Gasteiger partial charge is 0.291 e. The van der Waals surface area contributed by atoms with Gasteiger partial charge in [-0.25, -0.2) is 0 Å². The number of fused-ring (bicyclic) bond motifs is 1. The van der Waals surface area contributed by atoms with E-state index in [2.05, 4.69) is 21.2 Å². The number of halogens is 1. The number of nitrogens with one attached hydrogen (secondary N) is 1. The Balaban J connectivity index is 1.80. The third-order valence-electron chi connectivity index (χ3n) is 3.87. The number of carbonyl (C=O) groups excluding carboxylic acids is 1. The summed E-state index contributed by atoms with van der Waals surface area (Å²) in [5.41, 5.74) is 3.26. The van der Waals surface area contributed by atoms with Crippen LogP contribution in [0.2, 0.25) is 0 Å². The molecule has 0 saturated heterocycles. The van der Waals surface area contributed by atoms with E-state index in [0.717, 1.165) is 26.7 Å². The summed E-state index contributed by atoms with van der Waals surface area (Å²) in [6, 6.07) is 13.3. The molecule has 130 valence electrons. The lowest BCUT2D eigenvalue weighted by atomic mass is 10.1. The molecule has 1 amide bonds. The summed E-state index contributed by atoms with van der Waals surface area (Å²) in [5, 5.41) is 3.83. The first kappa shape index (κ1) is 17.7. The summed E-state index contributed by atoms with van der Waals surface area (Å²) in [4.78, 5) is 12.6. The summed E-state index contributed by atoms with van der Waals surface area (Å²) in [5.74, 6) is 0.0729. The summed E-state index contributed by atoms with van der Waals surface area (Å²) in [6.45, 7) is 6.39. The number of aryl methyl sites for hydroxylation is 1. The second-order valence-electron chi connectivity index (χ2n) is 6.21. The van der Waals surface area contributed by atoms with Crippen LogP contribution >= 0.6 is 15.9 Å². The van der Waals surface area contributed by atoms with Gasteiger partial charge in [0.2, 0.25) is 0 Å². The standard InChI is InChI=1S/C20H20BrNO3/c1-12(2)24-11-14-5-4-6-16(9-14)22-20(23)19-13(3)17-10-15(21)7-8-18(17)25-19/h4-10,12H,11H2,1-3H3,(H,22,23). The molecule has 1 aromatic heterocycles. The van der Waals surface area contributed by atoms with Gasteiger partial charge in [-0.2, -0.15) is 0 Å². The largest absolute Gasteiger partial charge is 0.451 e. The van der Waals surface area contributed by atoms with Crippen molar-refractivity contribution in [1.82, 2.24) is 0 Å². The molecule has 25 heavy (non-hydrogen) atoms. The molecule has 0 radical (unpaired) electrons. The minimum Gasteiger partial charge on any atom is -0.451 e. The zero-order valence-electron chi connectivity index (χ0n) is 14.4. The average molecular weight is 402 g/mol. The van der Waals surface area contributed by atoms with Gasteiger partial charge in [-0.3, -0.25) is 4.79 Å². The number of hydrogen-bond donors (Lipinski definition) is 1. The van der Waals surface area contributed by atoms with Gasteiger partial charge in [0.05, 0.1) is 12.7 Å². The second-order valence-corrected chi connectivity index (χ2v) is 7.13. The Labute approximate surface area is 155 Å². The van der Waals surface area contributed by atoms with Crippen molar-refractivity contribution < 1.29 is 13.9 Å². The number of hydrogen-bond acceptors (Lipinski definition) is 3. The molecule has 3 aromatic rings. The summed E-state index contributed by atoms with van der Waals surface area (Å²) >= 11 is 3.45. The number of benzene rings is 2. The van der Waals surface area contributed by atoms with Crippen LogP contribution in [-0.4, -0.2) is 12.0 Å². The molecule has 0 fully saturated rings. The lowest BCUT2D eigenvalue weighted by Crippen LogP contribution is -2.12. The van der Waals surface area contributed by atoms with Crippen molar-refractivity contribution in [2.75, 3.05) is 5.32 Å². The van der Waals surface area contributed by atoms with E-state index in [-0.39, 0.29) is 12.0 Å². The minimum atomic E-state index is -0.258. The second kappa shape index (κ2) is 7.42. The lowest BCUT2D eigenvalue weighted by molar-refractivity contribution is 0.0657. The maximum absolute atomic E-state index is 12.6. The van der Waals surface area contributed by atoms with Crippen LogP contribution in [0, 0.1) is 6.92 Å². The Morgan fingerprint density at radius 2 is 2.04 bits per heavy atom. The highest BCUT2D eigenvalue weighted by atomic mass is 79.9. The van der Waals surface area contributed by atoms with Crippen LogP contribution in [-0.2, 0) is 11.3 Å². The van der Waals surface area contributed by atoms with Crippen LogP contribution in [0.1, 0.15) is 35.5 Å². The van der Waals surface area contributed by atoms with Crippen LogP contribution in [0.5, 0.6) is 0 Å². The first-order chi connectivity index (χ1) is 11.9. The van der Waals surface area contributed by atoms with Crippen LogP contribution in [0.3, 0.4) is 0 Å². The van der Waals surface area contributed by atoms with Gasteiger partial charge in [0.15, 0.2) is 5.76 Å². The van der Waals surface area contributed by atoms with Gasteiger partial charge in [0.1, 0.15) is 5.58 Å². The first-order valence-corrected chi connectivity index (χ1v) is 8.94. The Morgan fingerprint density at radius 3 is 2.80 bits per heavy atom. The zero-order chi connectivity index (χ0) is 18.0. The number of anilines is 1. The number of rotatable bonds is 5. The van der Waals surface area contributed by atoms with Gasteiger partial charge in [0.25, 0.3) is 5.91 Å². The Morgan fingerprint density at radius 1 is 1.24 bits per heavy atom. The third-order valence-corrected chi connectivity index (χ3v) is 4.37. The predicted molar refractivity (Wildman–Crippen MR) is 103 cm³/mol. The molecular formula is C20H20BrNO3. The highest BCUT2D eigenvalue weighted by Gasteiger charge is 2.18. The fourth-order valence-electron chi connectivity index (χ4n) is 2.60. The molecule has 1 N–H and O–H groups in total. The van der Waals surface area contributed by atoms with Gasteiger partial charge in [-0.15, -0.1) is 0 Å². The molecule has 2 aromatic carbocycles. The van der Waals surface area contributed by atoms with Crippen molar-refractivity contribution in [3.8, 4) is 0 Å². The molecule has 0 aliphatic heterocycles. The highest BCUT2D eigenvalue weighted by molar-refractivity contribution is 9.10. The molecule has 0 unspecified atom stereocenters. The van der Waals surface area contributed by atoms with Crippen LogP contribution in [0.15, 0.2) is 51.4 Å². The molecule has 0 spiro atoms. The van der Waals surface area contributed by atoms with Gasteiger partial charge in [0, 0.05) is 21.1 Å². The van der Waals surface area contributed by atoms with Crippen LogP contribution < -0.4 is 5.32 Å². The maximum Gasteiger partial charge on any atom is 0.291 e. The average Bonchev–Trinajstić information content (AvgIpc) is 2.90. The highest BCUT2D eigenvalue weighted by Crippen LogP contribution is 2.28. The third kappa shape index (κ3) is 4.11. The summed E-state index contributed by atoms with van der Waals surface area (Å²) in [7, 11) is 0. The fourth-order valence-corrected chi connectivity index (χ4v) is 2.96. The van der Waals surface area contributed by atoms with Gasteiger partial charge in [-0.05, 0) is 56.7 Å². The molecule has 0 atom stereocenters. The van der Waals surface area contributed by atoms with Gasteiger partial charge < -0.3 is 14.5 Å². The van der Waals surface area contributed by atoms with Crippen molar-refractivity contribution >= 4 is 38.5 Å². The molecule has 0 aliphatic rings. The molecular weight excluding hydrogens is 382 g/mol. The van der Waals surface area contributed by atoms with Crippen molar-refractivity contribution in [2.24, 2.45) is 0 Å². The number of amides is 1. The monoisotopic (exact) mass is 401 g/mol. The van der Waals surface area contributed by atoms with Gasteiger partial charge in [-0.1, -0.05) is 28.1 Å². The van der Waals surface area contributed by atoms with E-state index in [1.165, 1.54) is 0 Å². The normalized spacial score (nSPS) is 11.2. The molecule has 0 bridgehead atoms. The Kier molecular flexibility index (Phi) is 5.25. The van der Waals surface area contributed by atoms with Crippen molar-refractivity contribution in [1.29, 1.82) is 0 Å². The number of ether oxygens (including phenoxy) is 1. The van der Waals surface area contributed by atoms with Gasteiger partial charge >= 0.3 is 0 Å². The van der Waals surface area contributed by atoms with E-state index < -0.39 is 0 Å². The van der Waals surface area contributed by atoms with E-state index >= 15 is 0 Å². The first-order valence-electron chi connectivity index (χ1n) is 8.14. The van der Waals surface area contributed by atoms with Crippen LogP contribution in [0.25, 0.3) is 11.0 Å². The SMILES string of the molecule is Cc1c(C(=O)Nc2cccc(COC(C)C)c2)oc2ccc(Br)cc12. The maximum atomic E-state index is 12.6. The summed E-state index contributed by atoms with van der Waals surface area (Å²) < 4.78 is 12.3. The van der Waals surface area contributed by atoms with E-state index in [4.69, 9.17) is 9.15 Å². The van der Waals surface area contributed by atoms with Crippen LogP contribution in [0.4, 0.5) is 5.69 Å². The molecule has 1 heterocycles. The quantitative estimate of drug-likeness (QED) is 0.597. The zero-order valence-corrected chi connectivity index (χ0v) is 16.0. The number of carbonyl (C=O) groups is 1. The molecule has 0 aliphatic carbocycles. The van der Waals surface area contributed by atoms with E-state index in [0.29, 0.717) is 18.0 Å². The molecule has 5 heteroatoms. The Bertz CT molecular complexity index is 914. The van der Waals surface area contributed by atoms with E-state index in [1.54, 1.807) is 0 Å². The fraction of sp³-hybridized carbons (Fsp3) is 0.250. The topological polar surface area (TPSA) is 51.5 Å².